The summed E-state index contributed by atoms with van der Waals surface area (Å²) < 4.78 is 0. The maximum Gasteiger partial charge on any atom is 0.323 e. The number of hydrogen-bond donors (Lipinski definition) is 3. The number of aromatic nitrogens is 3. The van der Waals surface area contributed by atoms with Gasteiger partial charge in [-0.1, -0.05) is 17.7 Å². The van der Waals surface area contributed by atoms with Gasteiger partial charge in [0.2, 0.25) is 0 Å². The molecule has 0 aliphatic rings. The van der Waals surface area contributed by atoms with Gasteiger partial charge in [0.15, 0.2) is 5.13 Å². The van der Waals surface area contributed by atoms with Gasteiger partial charge in [0.05, 0.1) is 16.7 Å². The number of thiazole rings is 1. The van der Waals surface area contributed by atoms with E-state index in [0.29, 0.717) is 5.02 Å². The number of fused-ring (bicyclic) bond motifs is 1. The smallest absolute Gasteiger partial charge is 0.323 e. The summed E-state index contributed by atoms with van der Waals surface area (Å²) in [4.78, 5) is 21.4. The SMILES string of the molecule is O=c1[nH]c2ccc(-c3csc(Nc4ccc(Cl)cc4)n3)cc2[nH]1. The van der Waals surface area contributed by atoms with Crippen LogP contribution < -0.4 is 11.0 Å². The zero-order valence-electron chi connectivity index (χ0n) is 11.8. The summed E-state index contributed by atoms with van der Waals surface area (Å²) in [6.07, 6.45) is 0. The van der Waals surface area contributed by atoms with Gasteiger partial charge < -0.3 is 15.3 Å². The van der Waals surface area contributed by atoms with Crippen molar-refractivity contribution in [2.45, 2.75) is 0 Å². The Labute approximate surface area is 140 Å². The van der Waals surface area contributed by atoms with E-state index in [4.69, 9.17) is 11.6 Å². The lowest BCUT2D eigenvalue weighted by Crippen LogP contribution is -1.99. The molecule has 0 aliphatic carbocycles. The molecule has 114 valence electrons. The largest absolute Gasteiger partial charge is 0.332 e. The van der Waals surface area contributed by atoms with Crippen molar-refractivity contribution in [1.29, 1.82) is 0 Å². The summed E-state index contributed by atoms with van der Waals surface area (Å²) in [5, 5.41) is 6.72. The molecule has 2 heterocycles. The highest BCUT2D eigenvalue weighted by molar-refractivity contribution is 7.14. The molecule has 0 saturated heterocycles. The quantitative estimate of drug-likeness (QED) is 0.517. The van der Waals surface area contributed by atoms with Crippen molar-refractivity contribution in [3.8, 4) is 11.3 Å². The summed E-state index contributed by atoms with van der Waals surface area (Å²) in [6.45, 7) is 0. The van der Waals surface area contributed by atoms with Gasteiger partial charge in [-0.05, 0) is 36.4 Å². The maximum absolute atomic E-state index is 11.3. The molecule has 0 aliphatic heterocycles. The number of aromatic amines is 2. The van der Waals surface area contributed by atoms with E-state index < -0.39 is 0 Å². The highest BCUT2D eigenvalue weighted by Crippen LogP contribution is 2.28. The van der Waals surface area contributed by atoms with Crippen LogP contribution >= 0.6 is 22.9 Å². The van der Waals surface area contributed by atoms with Crippen LogP contribution in [0, 0.1) is 0 Å². The van der Waals surface area contributed by atoms with Crippen molar-refractivity contribution in [3.05, 3.63) is 63.4 Å². The molecule has 0 spiro atoms. The molecular formula is C16H11ClN4OS. The van der Waals surface area contributed by atoms with Crippen molar-refractivity contribution in [2.24, 2.45) is 0 Å². The number of imidazole rings is 1. The molecule has 0 amide bonds. The zero-order chi connectivity index (χ0) is 15.8. The van der Waals surface area contributed by atoms with E-state index in [1.165, 1.54) is 11.3 Å². The molecule has 23 heavy (non-hydrogen) atoms. The number of H-pyrrole nitrogens is 2. The molecule has 2 aromatic heterocycles. The predicted octanol–water partition coefficient (Wildman–Crippen LogP) is 4.38. The highest BCUT2D eigenvalue weighted by atomic mass is 35.5. The Balaban J connectivity index is 1.63. The lowest BCUT2D eigenvalue weighted by atomic mass is 10.1. The fourth-order valence-corrected chi connectivity index (χ4v) is 3.18. The van der Waals surface area contributed by atoms with Gasteiger partial charge in [0, 0.05) is 21.7 Å². The van der Waals surface area contributed by atoms with Crippen LogP contribution in [0.25, 0.3) is 22.3 Å². The van der Waals surface area contributed by atoms with Crippen LogP contribution in [0.1, 0.15) is 0 Å². The summed E-state index contributed by atoms with van der Waals surface area (Å²) in [5.74, 6) is 0. The van der Waals surface area contributed by atoms with Crippen LogP contribution in [0.5, 0.6) is 0 Å². The van der Waals surface area contributed by atoms with Gasteiger partial charge in [-0.2, -0.15) is 0 Å². The number of hydrogen-bond acceptors (Lipinski definition) is 4. The van der Waals surface area contributed by atoms with Crippen LogP contribution in [0.3, 0.4) is 0 Å². The minimum Gasteiger partial charge on any atom is -0.332 e. The van der Waals surface area contributed by atoms with Crippen molar-refractivity contribution < 1.29 is 0 Å². The molecular weight excluding hydrogens is 332 g/mol. The summed E-state index contributed by atoms with van der Waals surface area (Å²) in [5.41, 5.74) is 4.09. The standard InChI is InChI=1S/C16H11ClN4OS/c17-10-2-4-11(5-3-10)18-16-21-14(8-23-16)9-1-6-12-13(7-9)20-15(22)19-12/h1-8H,(H,18,21)(H2,19,20,22). The molecule has 0 unspecified atom stereocenters. The van der Waals surface area contributed by atoms with Crippen LogP contribution in [-0.4, -0.2) is 15.0 Å². The maximum atomic E-state index is 11.3. The van der Waals surface area contributed by atoms with E-state index in [0.717, 1.165) is 33.1 Å². The summed E-state index contributed by atoms with van der Waals surface area (Å²) in [6, 6.07) is 13.2. The molecule has 0 fully saturated rings. The first-order chi connectivity index (χ1) is 11.2. The third-order valence-electron chi connectivity index (χ3n) is 3.41. The van der Waals surface area contributed by atoms with Gasteiger partial charge in [0.1, 0.15) is 0 Å². The van der Waals surface area contributed by atoms with Crippen LogP contribution in [0.15, 0.2) is 52.6 Å². The van der Waals surface area contributed by atoms with E-state index in [2.05, 4.69) is 20.3 Å². The lowest BCUT2D eigenvalue weighted by Gasteiger charge is -2.02. The van der Waals surface area contributed by atoms with Crippen molar-refractivity contribution in [1.82, 2.24) is 15.0 Å². The van der Waals surface area contributed by atoms with Gasteiger partial charge in [-0.3, -0.25) is 0 Å². The molecule has 0 bridgehead atoms. The average Bonchev–Trinajstić information content (AvgIpc) is 3.14. The number of rotatable bonds is 3. The Hall–Kier alpha value is -2.57. The first kappa shape index (κ1) is 14.0. The number of halogens is 1. The van der Waals surface area contributed by atoms with Gasteiger partial charge in [0.25, 0.3) is 0 Å². The number of benzene rings is 2. The summed E-state index contributed by atoms with van der Waals surface area (Å²) in [7, 11) is 0. The van der Waals surface area contributed by atoms with Gasteiger partial charge in [-0.15, -0.1) is 11.3 Å². The van der Waals surface area contributed by atoms with Crippen molar-refractivity contribution in [3.63, 3.8) is 0 Å². The van der Waals surface area contributed by atoms with E-state index in [-0.39, 0.29) is 5.69 Å². The monoisotopic (exact) mass is 342 g/mol. The first-order valence-corrected chi connectivity index (χ1v) is 8.14. The second kappa shape index (κ2) is 5.57. The second-order valence-electron chi connectivity index (χ2n) is 5.01. The lowest BCUT2D eigenvalue weighted by molar-refractivity contribution is 1.21. The van der Waals surface area contributed by atoms with E-state index in [9.17, 15) is 4.79 Å². The molecule has 4 rings (SSSR count). The number of anilines is 2. The molecule has 2 aromatic carbocycles. The van der Waals surface area contributed by atoms with Crippen molar-refractivity contribution >= 4 is 44.8 Å². The molecule has 7 heteroatoms. The number of nitrogens with zero attached hydrogens (tertiary/aromatic N) is 1. The normalized spacial score (nSPS) is 11.0. The van der Waals surface area contributed by atoms with Crippen molar-refractivity contribution in [2.75, 3.05) is 5.32 Å². The van der Waals surface area contributed by atoms with E-state index >= 15 is 0 Å². The Morgan fingerprint density at radius 2 is 1.83 bits per heavy atom. The second-order valence-corrected chi connectivity index (χ2v) is 6.30. The van der Waals surface area contributed by atoms with Gasteiger partial charge >= 0.3 is 5.69 Å². The average molecular weight is 343 g/mol. The fourth-order valence-electron chi connectivity index (χ4n) is 2.31. The Morgan fingerprint density at radius 1 is 1.04 bits per heavy atom. The minimum absolute atomic E-state index is 0.208. The fraction of sp³-hybridized carbons (Fsp3) is 0. The third-order valence-corrected chi connectivity index (χ3v) is 4.42. The summed E-state index contributed by atoms with van der Waals surface area (Å²) >= 11 is 7.40. The predicted molar refractivity (Wildman–Crippen MR) is 94.8 cm³/mol. The molecule has 0 atom stereocenters. The van der Waals surface area contributed by atoms with E-state index in [1.54, 1.807) is 0 Å². The van der Waals surface area contributed by atoms with Crippen LogP contribution in [0.4, 0.5) is 10.8 Å². The molecule has 0 saturated carbocycles. The Morgan fingerprint density at radius 3 is 2.65 bits per heavy atom. The minimum atomic E-state index is -0.208. The first-order valence-electron chi connectivity index (χ1n) is 6.88. The zero-order valence-corrected chi connectivity index (χ0v) is 13.3. The topological polar surface area (TPSA) is 73.6 Å². The van der Waals surface area contributed by atoms with Crippen LogP contribution in [0.2, 0.25) is 5.02 Å². The van der Waals surface area contributed by atoms with Crippen LogP contribution in [-0.2, 0) is 0 Å². The molecule has 0 radical (unpaired) electrons. The number of nitrogens with one attached hydrogen (secondary N) is 3. The van der Waals surface area contributed by atoms with Gasteiger partial charge in [-0.25, -0.2) is 9.78 Å². The Kier molecular flexibility index (Phi) is 3.40. The third kappa shape index (κ3) is 2.86. The van der Waals surface area contributed by atoms with E-state index in [1.807, 2.05) is 47.8 Å². The Bertz CT molecular complexity index is 1030. The molecule has 3 N–H and O–H groups in total. The molecule has 4 aromatic rings. The highest BCUT2D eigenvalue weighted by Gasteiger charge is 2.07. The molecule has 5 nitrogen and oxygen atoms in total.